The Labute approximate surface area is 106 Å². The zero-order valence-corrected chi connectivity index (χ0v) is 11.0. The van der Waals surface area contributed by atoms with Gasteiger partial charge in [0.25, 0.3) is 0 Å². The second kappa shape index (κ2) is 8.01. The minimum atomic E-state index is -0.961. The van der Waals surface area contributed by atoms with Gasteiger partial charge < -0.3 is 0 Å². The molecular weight excluding hydrogens is 255 g/mol. The van der Waals surface area contributed by atoms with Gasteiger partial charge in [0.1, 0.15) is 0 Å². The van der Waals surface area contributed by atoms with Crippen LogP contribution in [0.1, 0.15) is 27.7 Å². The van der Waals surface area contributed by atoms with Gasteiger partial charge in [-0.15, -0.1) is 24.8 Å². The van der Waals surface area contributed by atoms with Crippen LogP contribution in [0.5, 0.6) is 0 Å². The first-order valence-electron chi connectivity index (χ1n) is 3.89. The van der Waals surface area contributed by atoms with Crippen LogP contribution in [0.15, 0.2) is 20.5 Å². The summed E-state index contributed by atoms with van der Waals surface area (Å²) in [7, 11) is 0. The summed E-state index contributed by atoms with van der Waals surface area (Å²) in [4.78, 5) is 5.24. The van der Waals surface area contributed by atoms with E-state index in [-0.39, 0.29) is 24.8 Å². The van der Waals surface area contributed by atoms with Crippen molar-refractivity contribution in [3.63, 3.8) is 0 Å². The van der Waals surface area contributed by atoms with Gasteiger partial charge in [-0.05, 0) is 38.8 Å². The molecule has 0 fully saturated rings. The van der Waals surface area contributed by atoms with Crippen LogP contribution in [-0.4, -0.2) is 11.3 Å². The average Bonchev–Trinajstić information content (AvgIpc) is 2.01. The minimum Gasteiger partial charge on any atom is -0.181 e. The van der Waals surface area contributed by atoms with E-state index < -0.39 is 11.3 Å². The minimum absolute atomic E-state index is 0. The van der Waals surface area contributed by atoms with Crippen molar-refractivity contribution in [1.29, 1.82) is 0 Å². The number of hydrogen-bond donors (Lipinski definition) is 0. The van der Waals surface area contributed by atoms with Gasteiger partial charge in [-0.3, -0.25) is 0 Å². The largest absolute Gasteiger partial charge is 0.181 e. The van der Waals surface area contributed by atoms with Gasteiger partial charge in [0.15, 0.2) is 11.3 Å². The fourth-order valence-electron chi connectivity index (χ4n) is 0.504. The van der Waals surface area contributed by atoms with Crippen LogP contribution >= 0.6 is 24.8 Å². The first-order valence-corrected chi connectivity index (χ1v) is 3.89. The molecule has 0 rings (SSSR count). The molecule has 0 aliphatic rings. The molecule has 0 spiro atoms. The molecular formula is C6H14Cl2N8. The summed E-state index contributed by atoms with van der Waals surface area (Å²) in [6.45, 7) is 6.40. The average molecular weight is 269 g/mol. The molecule has 0 amide bonds. The van der Waals surface area contributed by atoms with Crippen LogP contribution in [0, 0.1) is 0 Å². The first kappa shape index (κ1) is 20.2. The van der Waals surface area contributed by atoms with Gasteiger partial charge in [0.05, 0.1) is 0 Å². The summed E-state index contributed by atoms with van der Waals surface area (Å²) >= 11 is 0. The number of nitrogens with zero attached hydrogens (tertiary/aromatic N) is 8. The third kappa shape index (κ3) is 9.36. The fraction of sp³-hybridized carbons (Fsp3) is 1.00. The lowest BCUT2D eigenvalue weighted by atomic mass is 10.3. The number of azo groups is 1. The monoisotopic (exact) mass is 268 g/mol. The maximum atomic E-state index is 8.21. The second-order valence-corrected chi connectivity index (χ2v) is 3.57. The Hall–Kier alpha value is -1.20. The van der Waals surface area contributed by atoms with E-state index in [1.54, 1.807) is 27.7 Å². The van der Waals surface area contributed by atoms with E-state index in [0.717, 1.165) is 0 Å². The Morgan fingerprint density at radius 1 is 0.750 bits per heavy atom. The maximum Gasteiger partial charge on any atom is 0.154 e. The standard InChI is InChI=1S/C6H12N8.2ClH/c1-5(2,11-13-7)9-10-6(3,4)12-14-8;;/h1-4H3;2*1H. The summed E-state index contributed by atoms with van der Waals surface area (Å²) in [6, 6.07) is 0. The molecule has 0 aromatic rings. The third-order valence-electron chi connectivity index (χ3n) is 1.12. The lowest BCUT2D eigenvalue weighted by molar-refractivity contribution is 0.436. The van der Waals surface area contributed by atoms with Gasteiger partial charge >= 0.3 is 0 Å². The van der Waals surface area contributed by atoms with Gasteiger partial charge in [0, 0.05) is 9.82 Å². The molecule has 16 heavy (non-hydrogen) atoms. The number of rotatable bonds is 4. The van der Waals surface area contributed by atoms with Crippen molar-refractivity contribution in [2.24, 2.45) is 20.5 Å². The van der Waals surface area contributed by atoms with Crippen LogP contribution in [0.2, 0.25) is 0 Å². The molecule has 0 bridgehead atoms. The van der Waals surface area contributed by atoms with E-state index in [2.05, 4.69) is 30.3 Å². The molecule has 0 N–H and O–H groups in total. The van der Waals surface area contributed by atoms with Crippen LogP contribution in [0.4, 0.5) is 0 Å². The SMILES string of the molecule is CC(C)(N=NC(C)(C)N=[N+]=[N-])N=[N+]=[N-].Cl.Cl. The molecule has 0 atom stereocenters. The zero-order valence-electron chi connectivity index (χ0n) is 9.39. The Bertz CT molecular complexity index is 291. The van der Waals surface area contributed by atoms with Crippen molar-refractivity contribution >= 4 is 24.8 Å². The van der Waals surface area contributed by atoms with E-state index in [0.29, 0.717) is 0 Å². The fourth-order valence-corrected chi connectivity index (χ4v) is 0.504. The molecule has 92 valence electrons. The molecule has 0 saturated carbocycles. The van der Waals surface area contributed by atoms with E-state index >= 15 is 0 Å². The molecule has 8 nitrogen and oxygen atoms in total. The van der Waals surface area contributed by atoms with Crippen molar-refractivity contribution in [2.75, 3.05) is 0 Å². The molecule has 0 aliphatic carbocycles. The highest BCUT2D eigenvalue weighted by Gasteiger charge is 2.18. The molecule has 0 heterocycles. The number of azide groups is 2. The number of hydrogen-bond acceptors (Lipinski definition) is 4. The lowest BCUT2D eigenvalue weighted by Crippen LogP contribution is -2.16. The van der Waals surface area contributed by atoms with Crippen LogP contribution in [0.3, 0.4) is 0 Å². The molecule has 0 aromatic heterocycles. The topological polar surface area (TPSA) is 122 Å². The second-order valence-electron chi connectivity index (χ2n) is 3.57. The molecule has 0 aromatic carbocycles. The first-order chi connectivity index (χ1) is 6.33. The third-order valence-corrected chi connectivity index (χ3v) is 1.12. The predicted molar refractivity (Wildman–Crippen MR) is 65.8 cm³/mol. The summed E-state index contributed by atoms with van der Waals surface area (Å²) < 4.78 is 0. The normalized spacial score (nSPS) is 10.5. The summed E-state index contributed by atoms with van der Waals surface area (Å²) in [5.74, 6) is 0. The van der Waals surface area contributed by atoms with Gasteiger partial charge in [-0.25, -0.2) is 0 Å². The molecule has 0 saturated heterocycles. The van der Waals surface area contributed by atoms with E-state index in [9.17, 15) is 0 Å². The van der Waals surface area contributed by atoms with Crippen molar-refractivity contribution in [2.45, 2.75) is 39.0 Å². The maximum absolute atomic E-state index is 8.21. The predicted octanol–water partition coefficient (Wildman–Crippen LogP) is 4.38. The summed E-state index contributed by atoms with van der Waals surface area (Å²) in [5.41, 5.74) is 14.5. The highest BCUT2D eigenvalue weighted by atomic mass is 35.5. The van der Waals surface area contributed by atoms with E-state index in [4.69, 9.17) is 11.1 Å². The van der Waals surface area contributed by atoms with Crippen molar-refractivity contribution in [3.8, 4) is 0 Å². The highest BCUT2D eigenvalue weighted by molar-refractivity contribution is 5.85. The van der Waals surface area contributed by atoms with Gasteiger partial charge in [-0.2, -0.15) is 10.2 Å². The summed E-state index contributed by atoms with van der Waals surface area (Å²) in [5, 5.41) is 14.4. The lowest BCUT2D eigenvalue weighted by Gasteiger charge is -2.14. The Morgan fingerprint density at radius 2 is 1.00 bits per heavy atom. The molecule has 0 aliphatic heterocycles. The zero-order chi connectivity index (χ0) is 11.2. The summed E-state index contributed by atoms with van der Waals surface area (Å²) in [6.07, 6.45) is 0. The Morgan fingerprint density at radius 3 is 1.19 bits per heavy atom. The van der Waals surface area contributed by atoms with Crippen molar-refractivity contribution in [3.05, 3.63) is 20.9 Å². The van der Waals surface area contributed by atoms with E-state index in [1.807, 2.05) is 0 Å². The Kier molecular flexibility index (Phi) is 10.1. The number of halogens is 2. The van der Waals surface area contributed by atoms with Crippen LogP contribution < -0.4 is 0 Å². The molecule has 0 radical (unpaired) electrons. The Balaban J connectivity index is -0.000000845. The van der Waals surface area contributed by atoms with Crippen LogP contribution in [-0.2, 0) is 0 Å². The highest BCUT2D eigenvalue weighted by Crippen LogP contribution is 2.17. The van der Waals surface area contributed by atoms with Crippen LogP contribution in [0.25, 0.3) is 20.9 Å². The van der Waals surface area contributed by atoms with E-state index in [1.165, 1.54) is 0 Å². The van der Waals surface area contributed by atoms with Gasteiger partial charge in [-0.1, -0.05) is 10.2 Å². The smallest absolute Gasteiger partial charge is 0.154 e. The van der Waals surface area contributed by atoms with Crippen molar-refractivity contribution < 1.29 is 0 Å². The molecule has 0 unspecified atom stereocenters. The quantitative estimate of drug-likeness (QED) is 0.408. The van der Waals surface area contributed by atoms with Crippen molar-refractivity contribution in [1.82, 2.24) is 0 Å². The van der Waals surface area contributed by atoms with Gasteiger partial charge in [0.2, 0.25) is 0 Å². The molecule has 10 heteroatoms.